The van der Waals surface area contributed by atoms with Gasteiger partial charge in [0.05, 0.1) is 6.42 Å². The van der Waals surface area contributed by atoms with Crippen LogP contribution < -0.4 is 0 Å². The van der Waals surface area contributed by atoms with Crippen LogP contribution in [0.25, 0.3) is 0 Å². The van der Waals surface area contributed by atoms with E-state index in [1.54, 1.807) is 12.4 Å². The number of aromatic nitrogens is 1. The Bertz CT molecular complexity index is 642. The Morgan fingerprint density at radius 3 is 2.78 bits per heavy atom. The van der Waals surface area contributed by atoms with Gasteiger partial charge in [-0.05, 0) is 42.2 Å². The van der Waals surface area contributed by atoms with Crippen LogP contribution >= 0.6 is 0 Å². The smallest absolute Gasteiger partial charge is 0.227 e. The molecule has 2 aromatic rings. The molecule has 1 fully saturated rings. The van der Waals surface area contributed by atoms with Gasteiger partial charge in [0.15, 0.2) is 0 Å². The highest BCUT2D eigenvalue weighted by Crippen LogP contribution is 2.27. The van der Waals surface area contributed by atoms with Gasteiger partial charge in [-0.2, -0.15) is 0 Å². The molecule has 0 saturated carbocycles. The molecule has 0 unspecified atom stereocenters. The van der Waals surface area contributed by atoms with Crippen molar-refractivity contribution < 1.29 is 9.18 Å². The van der Waals surface area contributed by atoms with Crippen molar-refractivity contribution in [3.8, 4) is 0 Å². The van der Waals surface area contributed by atoms with E-state index in [2.05, 4.69) is 4.98 Å². The summed E-state index contributed by atoms with van der Waals surface area (Å²) in [5, 5.41) is 0. The third-order valence-electron chi connectivity index (χ3n) is 4.44. The third kappa shape index (κ3) is 4.15. The zero-order chi connectivity index (χ0) is 16.1. The second-order valence-corrected chi connectivity index (χ2v) is 6.12. The number of amides is 1. The van der Waals surface area contributed by atoms with E-state index in [4.69, 9.17) is 0 Å². The number of hydrogen-bond acceptors (Lipinski definition) is 2. The van der Waals surface area contributed by atoms with Crippen LogP contribution in [-0.2, 0) is 11.2 Å². The van der Waals surface area contributed by atoms with Gasteiger partial charge in [-0.25, -0.2) is 4.39 Å². The SMILES string of the molecule is O=C(Cc1cccnc1)N1CCCC[C@@H](c2ccc(F)cc2)C1. The van der Waals surface area contributed by atoms with Gasteiger partial charge in [0, 0.05) is 31.4 Å². The van der Waals surface area contributed by atoms with Crippen LogP contribution in [0.4, 0.5) is 4.39 Å². The van der Waals surface area contributed by atoms with Crippen LogP contribution in [-0.4, -0.2) is 28.9 Å². The largest absolute Gasteiger partial charge is 0.342 e. The van der Waals surface area contributed by atoms with Crippen LogP contribution in [0.1, 0.15) is 36.3 Å². The number of benzene rings is 1. The average molecular weight is 312 g/mol. The molecule has 3 nitrogen and oxygen atoms in total. The lowest BCUT2D eigenvalue weighted by Crippen LogP contribution is -2.35. The third-order valence-corrected chi connectivity index (χ3v) is 4.44. The topological polar surface area (TPSA) is 33.2 Å². The first kappa shape index (κ1) is 15.7. The molecule has 0 aliphatic carbocycles. The Hall–Kier alpha value is -2.23. The van der Waals surface area contributed by atoms with Gasteiger partial charge in [-0.1, -0.05) is 24.6 Å². The Labute approximate surface area is 136 Å². The number of pyridine rings is 1. The van der Waals surface area contributed by atoms with Gasteiger partial charge in [0.1, 0.15) is 5.82 Å². The molecule has 2 heterocycles. The van der Waals surface area contributed by atoms with Crippen LogP contribution in [0.5, 0.6) is 0 Å². The normalized spacial score (nSPS) is 18.5. The first-order valence-electron chi connectivity index (χ1n) is 8.14. The van der Waals surface area contributed by atoms with Crippen LogP contribution in [0.15, 0.2) is 48.8 Å². The molecule has 1 amide bonds. The van der Waals surface area contributed by atoms with Gasteiger partial charge in [0.25, 0.3) is 0 Å². The van der Waals surface area contributed by atoms with Gasteiger partial charge >= 0.3 is 0 Å². The summed E-state index contributed by atoms with van der Waals surface area (Å²) in [5.74, 6) is 0.217. The maximum atomic E-state index is 13.1. The summed E-state index contributed by atoms with van der Waals surface area (Å²) in [5.41, 5.74) is 2.06. The quantitative estimate of drug-likeness (QED) is 0.868. The maximum absolute atomic E-state index is 13.1. The maximum Gasteiger partial charge on any atom is 0.227 e. The first-order chi connectivity index (χ1) is 11.2. The molecule has 1 aliphatic heterocycles. The molecular formula is C19H21FN2O. The highest BCUT2D eigenvalue weighted by Gasteiger charge is 2.23. The van der Waals surface area contributed by atoms with Crippen molar-refractivity contribution in [1.82, 2.24) is 9.88 Å². The highest BCUT2D eigenvalue weighted by atomic mass is 19.1. The minimum Gasteiger partial charge on any atom is -0.342 e. The number of nitrogens with zero attached hydrogens (tertiary/aromatic N) is 2. The number of hydrogen-bond donors (Lipinski definition) is 0. The number of carbonyl (C=O) groups excluding carboxylic acids is 1. The van der Waals surface area contributed by atoms with E-state index in [1.165, 1.54) is 12.1 Å². The first-order valence-corrected chi connectivity index (χ1v) is 8.14. The lowest BCUT2D eigenvalue weighted by Gasteiger charge is -2.25. The fourth-order valence-corrected chi connectivity index (χ4v) is 3.16. The van der Waals surface area contributed by atoms with E-state index < -0.39 is 0 Å². The Balaban J connectivity index is 1.69. The van der Waals surface area contributed by atoms with E-state index in [0.717, 1.165) is 36.9 Å². The zero-order valence-corrected chi connectivity index (χ0v) is 13.1. The summed E-state index contributed by atoms with van der Waals surface area (Å²) in [7, 11) is 0. The van der Waals surface area contributed by atoms with Gasteiger partial charge in [-0.3, -0.25) is 9.78 Å². The predicted octanol–water partition coefficient (Wildman–Crippen LogP) is 3.56. The minimum atomic E-state index is -0.216. The molecule has 4 heteroatoms. The van der Waals surface area contributed by atoms with Crippen molar-refractivity contribution in [3.05, 3.63) is 65.7 Å². The molecule has 3 rings (SSSR count). The van der Waals surface area contributed by atoms with E-state index >= 15 is 0 Å². The molecule has 1 aliphatic rings. The average Bonchev–Trinajstić information content (AvgIpc) is 2.83. The van der Waals surface area contributed by atoms with E-state index in [1.807, 2.05) is 29.2 Å². The van der Waals surface area contributed by atoms with Crippen molar-refractivity contribution in [3.63, 3.8) is 0 Å². The predicted molar refractivity (Wildman–Crippen MR) is 87.5 cm³/mol. The summed E-state index contributed by atoms with van der Waals surface area (Å²) < 4.78 is 13.1. The molecular weight excluding hydrogens is 291 g/mol. The minimum absolute atomic E-state index is 0.145. The zero-order valence-electron chi connectivity index (χ0n) is 13.1. The van der Waals surface area contributed by atoms with Crippen molar-refractivity contribution in [2.75, 3.05) is 13.1 Å². The molecule has 1 aromatic carbocycles. The van der Waals surface area contributed by atoms with E-state index in [-0.39, 0.29) is 17.6 Å². The van der Waals surface area contributed by atoms with Crippen molar-refractivity contribution in [2.45, 2.75) is 31.6 Å². The molecule has 0 bridgehead atoms. The monoisotopic (exact) mass is 312 g/mol. The summed E-state index contributed by atoms with van der Waals surface area (Å²) >= 11 is 0. The number of likely N-dealkylation sites (tertiary alicyclic amines) is 1. The number of halogens is 1. The van der Waals surface area contributed by atoms with Gasteiger partial charge < -0.3 is 4.90 Å². The second-order valence-electron chi connectivity index (χ2n) is 6.12. The van der Waals surface area contributed by atoms with Crippen LogP contribution in [0.3, 0.4) is 0 Å². The molecule has 120 valence electrons. The van der Waals surface area contributed by atoms with Crippen molar-refractivity contribution >= 4 is 5.91 Å². The van der Waals surface area contributed by atoms with Crippen LogP contribution in [0, 0.1) is 5.82 Å². The summed E-state index contributed by atoms with van der Waals surface area (Å²) in [6, 6.07) is 10.5. The van der Waals surface area contributed by atoms with E-state index in [9.17, 15) is 9.18 Å². The molecule has 0 N–H and O–H groups in total. The van der Waals surface area contributed by atoms with Gasteiger partial charge in [0.2, 0.25) is 5.91 Å². The number of rotatable bonds is 3. The highest BCUT2D eigenvalue weighted by molar-refractivity contribution is 5.78. The van der Waals surface area contributed by atoms with E-state index in [0.29, 0.717) is 13.0 Å². The molecule has 1 saturated heterocycles. The van der Waals surface area contributed by atoms with Crippen molar-refractivity contribution in [1.29, 1.82) is 0 Å². The van der Waals surface area contributed by atoms with Crippen LogP contribution in [0.2, 0.25) is 0 Å². The fraction of sp³-hybridized carbons (Fsp3) is 0.368. The van der Waals surface area contributed by atoms with Crippen molar-refractivity contribution in [2.24, 2.45) is 0 Å². The Kier molecular flexibility index (Phi) is 5.01. The Morgan fingerprint density at radius 2 is 2.04 bits per heavy atom. The molecule has 23 heavy (non-hydrogen) atoms. The summed E-state index contributed by atoms with van der Waals surface area (Å²) in [6.07, 6.45) is 7.01. The number of carbonyl (C=O) groups is 1. The summed E-state index contributed by atoms with van der Waals surface area (Å²) in [6.45, 7) is 1.52. The summed E-state index contributed by atoms with van der Waals surface area (Å²) in [4.78, 5) is 18.6. The fourth-order valence-electron chi connectivity index (χ4n) is 3.16. The standard InChI is InChI=1S/C19H21FN2O/c20-18-8-6-16(7-9-18)17-5-1-2-11-22(14-17)19(23)12-15-4-3-10-21-13-15/h3-4,6-10,13,17H,1-2,5,11-12,14H2/t17-/m1/s1. The lowest BCUT2D eigenvalue weighted by atomic mass is 9.94. The second kappa shape index (κ2) is 7.36. The van der Waals surface area contributed by atoms with Gasteiger partial charge in [-0.15, -0.1) is 0 Å². The Morgan fingerprint density at radius 1 is 1.22 bits per heavy atom. The molecule has 0 spiro atoms. The molecule has 0 radical (unpaired) electrons. The molecule has 1 aromatic heterocycles. The molecule has 1 atom stereocenters. The lowest BCUT2D eigenvalue weighted by molar-refractivity contribution is -0.130.